The number of ether oxygens (including phenoxy) is 1. The van der Waals surface area contributed by atoms with Gasteiger partial charge in [-0.2, -0.15) is 0 Å². The number of thioether (sulfide) groups is 1. The molecule has 0 aromatic carbocycles. The Kier molecular flexibility index (Phi) is 4.90. The van der Waals surface area contributed by atoms with Gasteiger partial charge in [-0.25, -0.2) is 0 Å². The van der Waals surface area contributed by atoms with E-state index in [4.69, 9.17) is 4.74 Å². The van der Waals surface area contributed by atoms with Crippen LogP contribution in [0.15, 0.2) is 33.6 Å². The quantitative estimate of drug-likeness (QED) is 0.682. The van der Waals surface area contributed by atoms with Gasteiger partial charge in [-0.3, -0.25) is 0 Å². The first-order chi connectivity index (χ1) is 8.14. The van der Waals surface area contributed by atoms with Crippen LogP contribution in [0.3, 0.4) is 0 Å². The van der Waals surface area contributed by atoms with Crippen LogP contribution < -0.4 is 0 Å². The van der Waals surface area contributed by atoms with E-state index >= 15 is 0 Å². The Hall–Kier alpha value is -0.470. The van der Waals surface area contributed by atoms with Crippen LogP contribution in [0.2, 0.25) is 0 Å². The van der Waals surface area contributed by atoms with Crippen LogP contribution in [0.25, 0.3) is 0 Å². The SMILES string of the molecule is COCC1=CC=C(C(C)(C)C)SC(C(C)(C)C)=C1. The zero-order valence-corrected chi connectivity index (χ0v) is 13.6. The molecule has 2 heteroatoms. The summed E-state index contributed by atoms with van der Waals surface area (Å²) < 4.78 is 5.27. The number of rotatable bonds is 2. The van der Waals surface area contributed by atoms with E-state index in [1.807, 2.05) is 11.8 Å². The summed E-state index contributed by atoms with van der Waals surface area (Å²) in [7, 11) is 1.75. The van der Waals surface area contributed by atoms with Gasteiger partial charge in [0.2, 0.25) is 0 Å². The second-order valence-corrected chi connectivity index (χ2v) is 7.90. The van der Waals surface area contributed by atoms with E-state index in [1.165, 1.54) is 15.4 Å². The molecule has 1 nitrogen and oxygen atoms in total. The maximum atomic E-state index is 5.27. The lowest BCUT2D eigenvalue weighted by atomic mass is 9.94. The van der Waals surface area contributed by atoms with Crippen LogP contribution in [0.4, 0.5) is 0 Å². The first kappa shape index (κ1) is 15.6. The fraction of sp³-hybridized carbons (Fsp3) is 0.625. The van der Waals surface area contributed by atoms with Gasteiger partial charge in [-0.1, -0.05) is 65.5 Å². The molecule has 0 aromatic heterocycles. The van der Waals surface area contributed by atoms with Gasteiger partial charge in [0.05, 0.1) is 6.61 Å². The van der Waals surface area contributed by atoms with Gasteiger partial charge in [0.1, 0.15) is 0 Å². The minimum absolute atomic E-state index is 0.173. The summed E-state index contributed by atoms with van der Waals surface area (Å²) in [5.74, 6) is 0. The normalized spacial score (nSPS) is 17.8. The predicted molar refractivity (Wildman–Crippen MR) is 82.6 cm³/mol. The van der Waals surface area contributed by atoms with Crippen molar-refractivity contribution in [3.05, 3.63) is 33.6 Å². The number of hydrogen-bond donors (Lipinski definition) is 0. The average Bonchev–Trinajstić information content (AvgIpc) is 2.39. The molecule has 1 aliphatic rings. The maximum Gasteiger partial charge on any atom is 0.0713 e. The highest BCUT2D eigenvalue weighted by Crippen LogP contribution is 2.46. The fourth-order valence-corrected chi connectivity index (χ4v) is 2.81. The molecule has 0 aromatic rings. The van der Waals surface area contributed by atoms with Gasteiger partial charge in [0, 0.05) is 7.11 Å². The summed E-state index contributed by atoms with van der Waals surface area (Å²) in [6, 6.07) is 0. The van der Waals surface area contributed by atoms with Gasteiger partial charge in [-0.05, 0) is 32.3 Å². The van der Waals surface area contributed by atoms with E-state index in [0.29, 0.717) is 6.61 Å². The topological polar surface area (TPSA) is 9.23 Å². The van der Waals surface area contributed by atoms with Crippen molar-refractivity contribution in [3.63, 3.8) is 0 Å². The maximum absolute atomic E-state index is 5.27. The van der Waals surface area contributed by atoms with Gasteiger partial charge < -0.3 is 4.74 Å². The van der Waals surface area contributed by atoms with Crippen LogP contribution >= 0.6 is 11.8 Å². The molecular formula is C16H26OS. The van der Waals surface area contributed by atoms with E-state index in [9.17, 15) is 0 Å². The molecule has 0 N–H and O–H groups in total. The van der Waals surface area contributed by atoms with E-state index < -0.39 is 0 Å². The number of hydrogen-bond acceptors (Lipinski definition) is 2. The van der Waals surface area contributed by atoms with Crippen LogP contribution in [0.1, 0.15) is 41.5 Å². The van der Waals surface area contributed by atoms with Crippen molar-refractivity contribution in [2.75, 3.05) is 13.7 Å². The minimum Gasteiger partial charge on any atom is -0.380 e. The molecule has 1 rings (SSSR count). The van der Waals surface area contributed by atoms with Crippen molar-refractivity contribution in [1.29, 1.82) is 0 Å². The minimum atomic E-state index is 0.173. The standard InChI is InChI=1S/C16H26OS/c1-15(2,3)13-9-8-12(11-17-7)10-14(18-13)16(4,5)6/h8-10H,11H2,1-7H3. The lowest BCUT2D eigenvalue weighted by molar-refractivity contribution is 0.228. The smallest absolute Gasteiger partial charge is 0.0713 e. The van der Waals surface area contributed by atoms with Crippen LogP contribution in [0, 0.1) is 10.8 Å². The Bertz CT molecular complexity index is 386. The molecular weight excluding hydrogens is 240 g/mol. The first-order valence-corrected chi connectivity index (χ1v) is 7.26. The van der Waals surface area contributed by atoms with Crippen molar-refractivity contribution in [3.8, 4) is 0 Å². The van der Waals surface area contributed by atoms with E-state index in [0.717, 1.165) is 0 Å². The fourth-order valence-electron chi connectivity index (χ4n) is 1.61. The number of methoxy groups -OCH3 is 1. The zero-order chi connectivity index (χ0) is 14.0. The predicted octanol–water partition coefficient (Wildman–Crippen LogP) is 5.17. The zero-order valence-electron chi connectivity index (χ0n) is 12.8. The van der Waals surface area contributed by atoms with Crippen molar-refractivity contribution < 1.29 is 4.74 Å². The molecule has 0 aliphatic carbocycles. The van der Waals surface area contributed by atoms with E-state index in [2.05, 4.69) is 59.8 Å². The largest absolute Gasteiger partial charge is 0.380 e. The van der Waals surface area contributed by atoms with Crippen molar-refractivity contribution in [2.45, 2.75) is 41.5 Å². The summed E-state index contributed by atoms with van der Waals surface area (Å²) in [6.45, 7) is 14.3. The van der Waals surface area contributed by atoms with Gasteiger partial charge >= 0.3 is 0 Å². The second-order valence-electron chi connectivity index (χ2n) is 6.82. The lowest BCUT2D eigenvalue weighted by Crippen LogP contribution is -2.11. The summed E-state index contributed by atoms with van der Waals surface area (Å²) in [5.41, 5.74) is 1.61. The molecule has 1 heterocycles. The highest BCUT2D eigenvalue weighted by molar-refractivity contribution is 8.06. The monoisotopic (exact) mass is 266 g/mol. The molecule has 0 saturated carbocycles. The Morgan fingerprint density at radius 1 is 0.944 bits per heavy atom. The molecule has 102 valence electrons. The summed E-state index contributed by atoms with van der Waals surface area (Å²) >= 11 is 1.91. The Labute approximate surface area is 116 Å². The molecule has 0 spiro atoms. The van der Waals surface area contributed by atoms with Gasteiger partial charge in [0.25, 0.3) is 0 Å². The third-order valence-electron chi connectivity index (χ3n) is 2.77. The third kappa shape index (κ3) is 4.33. The Morgan fingerprint density at radius 2 is 1.50 bits per heavy atom. The molecule has 0 amide bonds. The van der Waals surface area contributed by atoms with Crippen LogP contribution in [0.5, 0.6) is 0 Å². The summed E-state index contributed by atoms with van der Waals surface area (Å²) in [4.78, 5) is 2.82. The second kappa shape index (κ2) is 5.66. The molecule has 0 unspecified atom stereocenters. The van der Waals surface area contributed by atoms with Gasteiger partial charge in [-0.15, -0.1) is 0 Å². The highest BCUT2D eigenvalue weighted by Gasteiger charge is 2.25. The number of allylic oxidation sites excluding steroid dienone is 4. The molecule has 18 heavy (non-hydrogen) atoms. The summed E-state index contributed by atoms with van der Waals surface area (Å²) in [5, 5.41) is 0. The third-order valence-corrected chi connectivity index (χ3v) is 4.69. The lowest BCUT2D eigenvalue weighted by Gasteiger charge is -2.28. The summed E-state index contributed by atoms with van der Waals surface area (Å²) in [6.07, 6.45) is 6.72. The average molecular weight is 266 g/mol. The molecule has 0 atom stereocenters. The highest BCUT2D eigenvalue weighted by atomic mass is 32.2. The van der Waals surface area contributed by atoms with Crippen molar-refractivity contribution in [2.24, 2.45) is 10.8 Å². The van der Waals surface area contributed by atoms with E-state index in [-0.39, 0.29) is 10.8 Å². The van der Waals surface area contributed by atoms with E-state index in [1.54, 1.807) is 7.11 Å². The molecule has 1 aliphatic heterocycles. The first-order valence-electron chi connectivity index (χ1n) is 6.45. The molecule has 0 saturated heterocycles. The van der Waals surface area contributed by atoms with Gasteiger partial charge in [0.15, 0.2) is 0 Å². The molecule has 0 bridgehead atoms. The molecule has 0 fully saturated rings. The molecule has 0 radical (unpaired) electrons. The van der Waals surface area contributed by atoms with Crippen molar-refractivity contribution >= 4 is 11.8 Å². The van der Waals surface area contributed by atoms with Crippen LogP contribution in [-0.2, 0) is 4.74 Å². The Morgan fingerprint density at radius 3 is 1.94 bits per heavy atom. The van der Waals surface area contributed by atoms with Crippen molar-refractivity contribution in [1.82, 2.24) is 0 Å². The van der Waals surface area contributed by atoms with Crippen LogP contribution in [-0.4, -0.2) is 13.7 Å². The Balaban J connectivity index is 3.15.